The summed E-state index contributed by atoms with van der Waals surface area (Å²) in [5, 5.41) is 16.1. The Morgan fingerprint density at radius 2 is 1.64 bits per heavy atom. The fraction of sp³-hybridized carbons (Fsp3) is 0.281. The van der Waals surface area contributed by atoms with Crippen LogP contribution in [0, 0.1) is 11.3 Å². The van der Waals surface area contributed by atoms with Crippen molar-refractivity contribution in [3.05, 3.63) is 78.5 Å². The molecule has 0 spiro atoms. The van der Waals surface area contributed by atoms with Crippen molar-refractivity contribution in [1.82, 2.24) is 9.88 Å². The number of benzene rings is 3. The molecule has 216 valence electrons. The second kappa shape index (κ2) is 14.2. The summed E-state index contributed by atoms with van der Waals surface area (Å²) in [5.74, 6) is 2.36. The number of anilines is 2. The van der Waals surface area contributed by atoms with Gasteiger partial charge in [0.1, 0.15) is 29.1 Å². The number of hydrogen-bond acceptors (Lipinski definition) is 8. The number of carbonyl (C=O) groups is 1. The number of aromatic nitrogens is 1. The molecule has 2 N–H and O–H groups in total. The molecule has 0 saturated carbocycles. The zero-order chi connectivity index (χ0) is 29.1. The lowest BCUT2D eigenvalue weighted by molar-refractivity contribution is 0.0368. The van der Waals surface area contributed by atoms with Gasteiger partial charge >= 0.3 is 6.03 Å². The van der Waals surface area contributed by atoms with E-state index in [1.54, 1.807) is 80.0 Å². The standard InChI is InChI=1S/C32H33N5O5/c1-39-26-8-4-24(5-9-26)35-32(38)36-25-6-10-27(11-7-25)42-30-12-13-34-29-21-31(23(22-33)20-28(29)30)41-17-3-2-14-37-15-18-40-19-16-37/h4-13,20-21H,2-3,14-19H2,1H3,(H2,35,36,38). The molecular formula is C32H33N5O5. The fourth-order valence-corrected chi connectivity index (χ4v) is 4.59. The van der Waals surface area contributed by atoms with Crippen molar-refractivity contribution < 1.29 is 23.7 Å². The highest BCUT2D eigenvalue weighted by Crippen LogP contribution is 2.33. The molecule has 0 unspecified atom stereocenters. The smallest absolute Gasteiger partial charge is 0.323 e. The lowest BCUT2D eigenvalue weighted by atomic mass is 10.1. The summed E-state index contributed by atoms with van der Waals surface area (Å²) < 4.78 is 22.7. The van der Waals surface area contributed by atoms with E-state index in [9.17, 15) is 10.1 Å². The van der Waals surface area contributed by atoms with Gasteiger partial charge in [-0.05, 0) is 80.1 Å². The van der Waals surface area contributed by atoms with Crippen molar-refractivity contribution in [2.24, 2.45) is 0 Å². The van der Waals surface area contributed by atoms with Crippen molar-refractivity contribution in [2.75, 3.05) is 57.2 Å². The number of hydrogen-bond donors (Lipinski definition) is 2. The Balaban J connectivity index is 1.18. The van der Waals surface area contributed by atoms with Gasteiger partial charge in [-0.25, -0.2) is 4.79 Å². The number of nitrogens with zero attached hydrogens (tertiary/aromatic N) is 3. The third kappa shape index (κ3) is 7.66. The minimum absolute atomic E-state index is 0.367. The second-order valence-electron chi connectivity index (χ2n) is 9.73. The SMILES string of the molecule is COc1ccc(NC(=O)Nc2ccc(Oc3ccnc4cc(OCCCCN5CCOCC5)c(C#N)cc34)cc2)cc1. The summed E-state index contributed by atoms with van der Waals surface area (Å²) in [4.78, 5) is 19.2. The number of nitriles is 1. The molecule has 1 aliphatic rings. The molecule has 42 heavy (non-hydrogen) atoms. The van der Waals surface area contributed by atoms with Gasteiger partial charge in [0, 0.05) is 42.1 Å². The molecular weight excluding hydrogens is 534 g/mol. The van der Waals surface area contributed by atoms with Crippen LogP contribution in [0.4, 0.5) is 16.2 Å². The Bertz CT molecular complexity index is 1530. The summed E-state index contributed by atoms with van der Waals surface area (Å²) >= 11 is 0. The molecule has 1 fully saturated rings. The van der Waals surface area contributed by atoms with E-state index in [2.05, 4.69) is 26.6 Å². The number of pyridine rings is 1. The number of nitrogens with one attached hydrogen (secondary N) is 2. The Morgan fingerprint density at radius 1 is 0.952 bits per heavy atom. The van der Waals surface area contributed by atoms with E-state index in [0.29, 0.717) is 57.4 Å². The molecule has 10 nitrogen and oxygen atoms in total. The van der Waals surface area contributed by atoms with Gasteiger partial charge in [-0.15, -0.1) is 0 Å². The second-order valence-corrected chi connectivity index (χ2v) is 9.73. The lowest BCUT2D eigenvalue weighted by Gasteiger charge is -2.26. The number of ether oxygens (including phenoxy) is 4. The summed E-state index contributed by atoms with van der Waals surface area (Å²) in [5.41, 5.74) is 2.34. The van der Waals surface area contributed by atoms with E-state index in [1.165, 1.54) is 0 Å². The van der Waals surface area contributed by atoms with Crippen LogP contribution in [0.2, 0.25) is 0 Å². The Kier molecular flexibility index (Phi) is 9.67. The van der Waals surface area contributed by atoms with Gasteiger partial charge in [0.15, 0.2) is 0 Å². The maximum atomic E-state index is 12.4. The van der Waals surface area contributed by atoms with Crippen molar-refractivity contribution >= 4 is 28.3 Å². The van der Waals surface area contributed by atoms with E-state index in [1.807, 2.05) is 0 Å². The number of morpholine rings is 1. The Morgan fingerprint density at radius 3 is 2.31 bits per heavy atom. The highest BCUT2D eigenvalue weighted by molar-refractivity contribution is 5.99. The summed E-state index contributed by atoms with van der Waals surface area (Å²) in [6, 6.07) is 21.2. The molecule has 3 aromatic carbocycles. The zero-order valence-electron chi connectivity index (χ0n) is 23.5. The molecule has 4 aromatic rings. The maximum Gasteiger partial charge on any atom is 0.323 e. The average Bonchev–Trinajstić information content (AvgIpc) is 3.02. The van der Waals surface area contributed by atoms with Crippen LogP contribution in [0.5, 0.6) is 23.0 Å². The van der Waals surface area contributed by atoms with E-state index in [-0.39, 0.29) is 6.03 Å². The van der Waals surface area contributed by atoms with Crippen LogP contribution in [0.15, 0.2) is 72.9 Å². The fourth-order valence-electron chi connectivity index (χ4n) is 4.59. The quantitative estimate of drug-likeness (QED) is 0.211. The third-order valence-corrected chi connectivity index (χ3v) is 6.84. The number of amides is 2. The molecule has 0 atom stereocenters. The molecule has 10 heteroatoms. The first-order valence-electron chi connectivity index (χ1n) is 13.9. The number of rotatable bonds is 11. The number of urea groups is 1. The van der Waals surface area contributed by atoms with Crippen LogP contribution in [0.3, 0.4) is 0 Å². The van der Waals surface area contributed by atoms with Gasteiger partial charge in [0.2, 0.25) is 0 Å². The first-order valence-corrected chi connectivity index (χ1v) is 13.9. The molecule has 2 heterocycles. The maximum absolute atomic E-state index is 12.4. The Hall–Kier alpha value is -4.85. The van der Waals surface area contributed by atoms with Crippen molar-refractivity contribution in [3.8, 4) is 29.1 Å². The van der Waals surface area contributed by atoms with Crippen LogP contribution in [-0.2, 0) is 4.74 Å². The predicted molar refractivity (Wildman–Crippen MR) is 161 cm³/mol. The number of methoxy groups -OCH3 is 1. The van der Waals surface area contributed by atoms with Crippen LogP contribution < -0.4 is 24.8 Å². The number of carbonyl (C=O) groups excluding carboxylic acids is 1. The number of fused-ring (bicyclic) bond motifs is 1. The topological polar surface area (TPSA) is 118 Å². The summed E-state index contributed by atoms with van der Waals surface area (Å²) in [7, 11) is 1.59. The molecule has 0 radical (unpaired) electrons. The lowest BCUT2D eigenvalue weighted by Crippen LogP contribution is -2.36. The molecule has 0 bridgehead atoms. The largest absolute Gasteiger partial charge is 0.497 e. The number of unbranched alkanes of at least 4 members (excludes halogenated alkanes) is 1. The van der Waals surface area contributed by atoms with Gasteiger partial charge in [0.25, 0.3) is 0 Å². The zero-order valence-corrected chi connectivity index (χ0v) is 23.5. The monoisotopic (exact) mass is 567 g/mol. The van der Waals surface area contributed by atoms with Crippen LogP contribution in [0.25, 0.3) is 10.9 Å². The van der Waals surface area contributed by atoms with Gasteiger partial charge in [-0.3, -0.25) is 9.88 Å². The highest BCUT2D eigenvalue weighted by Gasteiger charge is 2.13. The van der Waals surface area contributed by atoms with Crippen LogP contribution in [-0.4, -0.2) is 62.5 Å². The molecule has 0 aliphatic carbocycles. The third-order valence-electron chi connectivity index (χ3n) is 6.84. The first-order chi connectivity index (χ1) is 20.6. The normalized spacial score (nSPS) is 13.2. The summed E-state index contributed by atoms with van der Waals surface area (Å²) in [6.45, 7) is 5.09. The summed E-state index contributed by atoms with van der Waals surface area (Å²) in [6.07, 6.45) is 3.58. The molecule has 1 aliphatic heterocycles. The first kappa shape index (κ1) is 28.7. The predicted octanol–water partition coefficient (Wildman–Crippen LogP) is 6.04. The van der Waals surface area contributed by atoms with Crippen molar-refractivity contribution in [3.63, 3.8) is 0 Å². The van der Waals surface area contributed by atoms with E-state index in [4.69, 9.17) is 18.9 Å². The van der Waals surface area contributed by atoms with Gasteiger partial charge in [-0.2, -0.15) is 5.26 Å². The molecule has 2 amide bonds. The van der Waals surface area contributed by atoms with Gasteiger partial charge in [0.05, 0.1) is 38.0 Å². The highest BCUT2D eigenvalue weighted by atomic mass is 16.5. The van der Waals surface area contributed by atoms with Crippen LogP contribution >= 0.6 is 0 Å². The van der Waals surface area contributed by atoms with Crippen molar-refractivity contribution in [1.29, 1.82) is 5.26 Å². The van der Waals surface area contributed by atoms with Crippen LogP contribution in [0.1, 0.15) is 18.4 Å². The molecule has 1 saturated heterocycles. The molecule has 1 aromatic heterocycles. The average molecular weight is 568 g/mol. The Labute approximate surface area is 244 Å². The van der Waals surface area contributed by atoms with E-state index < -0.39 is 0 Å². The minimum Gasteiger partial charge on any atom is -0.497 e. The molecule has 5 rings (SSSR count). The van der Waals surface area contributed by atoms with Gasteiger partial charge < -0.3 is 29.6 Å². The van der Waals surface area contributed by atoms with Crippen molar-refractivity contribution in [2.45, 2.75) is 12.8 Å². The van der Waals surface area contributed by atoms with E-state index >= 15 is 0 Å². The minimum atomic E-state index is -0.367. The van der Waals surface area contributed by atoms with E-state index in [0.717, 1.165) is 45.7 Å². The van der Waals surface area contributed by atoms with Gasteiger partial charge in [-0.1, -0.05) is 0 Å².